The van der Waals surface area contributed by atoms with E-state index >= 15 is 0 Å². The van der Waals surface area contributed by atoms with E-state index in [1.54, 1.807) is 23.0 Å². The Kier molecular flexibility index (Phi) is 4.01. The van der Waals surface area contributed by atoms with Crippen LogP contribution in [0.5, 0.6) is 0 Å². The molecule has 2 aromatic heterocycles. The van der Waals surface area contributed by atoms with Crippen molar-refractivity contribution in [3.8, 4) is 11.5 Å². The third-order valence-electron chi connectivity index (χ3n) is 3.34. The predicted octanol–water partition coefficient (Wildman–Crippen LogP) is 3.85. The van der Waals surface area contributed by atoms with E-state index in [0.717, 1.165) is 11.0 Å². The fourth-order valence-corrected chi connectivity index (χ4v) is 2.74. The van der Waals surface area contributed by atoms with Crippen molar-refractivity contribution in [3.63, 3.8) is 0 Å². The van der Waals surface area contributed by atoms with Crippen molar-refractivity contribution in [3.05, 3.63) is 59.7 Å². The third-order valence-corrected chi connectivity index (χ3v) is 4.22. The van der Waals surface area contributed by atoms with Crippen molar-refractivity contribution < 1.29 is 4.39 Å². The number of rotatable bonds is 2. The average Bonchev–Trinajstić information content (AvgIpc) is 2.85. The highest BCUT2D eigenvalue weighted by Gasteiger charge is 2.13. The largest absolute Gasteiger partial charge is 0.241 e. The molecule has 1 aromatic carbocycles. The third kappa shape index (κ3) is 3.49. The maximum absolute atomic E-state index is 13.9. The molecule has 0 radical (unpaired) electrons. The Morgan fingerprint density at radius 3 is 2.65 bits per heavy atom. The SMILES string of the molecule is C[Si](C)(C)C#Cc1nn(Cc2ccccc2F)c2ncccc12. The Hall–Kier alpha value is -2.45. The lowest BCUT2D eigenvalue weighted by Crippen LogP contribution is -2.16. The summed E-state index contributed by atoms with van der Waals surface area (Å²) in [5, 5.41) is 5.48. The van der Waals surface area contributed by atoms with E-state index in [0.29, 0.717) is 17.8 Å². The van der Waals surface area contributed by atoms with Crippen molar-refractivity contribution >= 4 is 19.1 Å². The summed E-state index contributed by atoms with van der Waals surface area (Å²) in [6, 6.07) is 10.6. The topological polar surface area (TPSA) is 30.7 Å². The molecule has 0 aliphatic rings. The van der Waals surface area contributed by atoms with Crippen molar-refractivity contribution in [2.45, 2.75) is 26.2 Å². The molecule has 116 valence electrons. The van der Waals surface area contributed by atoms with Gasteiger partial charge in [-0.05, 0) is 18.2 Å². The molecule has 0 fully saturated rings. The number of nitrogens with zero attached hydrogens (tertiary/aromatic N) is 3. The average molecular weight is 323 g/mol. The van der Waals surface area contributed by atoms with Gasteiger partial charge in [0.1, 0.15) is 19.6 Å². The molecule has 0 N–H and O–H groups in total. The zero-order chi connectivity index (χ0) is 16.4. The Morgan fingerprint density at radius 1 is 1.13 bits per heavy atom. The van der Waals surface area contributed by atoms with Gasteiger partial charge in [-0.1, -0.05) is 43.8 Å². The first-order valence-electron chi connectivity index (χ1n) is 7.52. The maximum Gasteiger partial charge on any atom is 0.159 e. The van der Waals surface area contributed by atoms with Crippen molar-refractivity contribution in [1.82, 2.24) is 14.8 Å². The molecular formula is C18H18FN3Si. The minimum absolute atomic E-state index is 0.234. The van der Waals surface area contributed by atoms with E-state index < -0.39 is 8.07 Å². The second-order valence-electron chi connectivity index (χ2n) is 6.47. The van der Waals surface area contributed by atoms with Gasteiger partial charge in [0.2, 0.25) is 0 Å². The molecule has 23 heavy (non-hydrogen) atoms. The van der Waals surface area contributed by atoms with Gasteiger partial charge in [-0.3, -0.25) is 0 Å². The molecule has 0 aliphatic carbocycles. The van der Waals surface area contributed by atoms with Crippen LogP contribution in [0.3, 0.4) is 0 Å². The molecule has 3 aromatic rings. The van der Waals surface area contributed by atoms with Crippen LogP contribution in [-0.4, -0.2) is 22.8 Å². The van der Waals surface area contributed by atoms with Gasteiger partial charge in [0.25, 0.3) is 0 Å². The van der Waals surface area contributed by atoms with Crippen LogP contribution < -0.4 is 0 Å². The van der Waals surface area contributed by atoms with Gasteiger partial charge in [0, 0.05) is 11.8 Å². The second kappa shape index (κ2) is 5.97. The first kappa shape index (κ1) is 15.4. The molecule has 2 heterocycles. The standard InChI is InChI=1S/C18H18FN3Si/c1-23(2,3)12-10-17-15-8-6-11-20-18(15)22(21-17)13-14-7-4-5-9-16(14)19/h4-9,11H,13H2,1-3H3. The summed E-state index contributed by atoms with van der Waals surface area (Å²) < 4.78 is 15.6. The van der Waals surface area contributed by atoms with Crippen LogP contribution in [0.1, 0.15) is 11.3 Å². The summed E-state index contributed by atoms with van der Waals surface area (Å²) in [6.45, 7) is 6.92. The zero-order valence-electron chi connectivity index (χ0n) is 13.5. The monoisotopic (exact) mass is 323 g/mol. The Labute approximate surface area is 136 Å². The number of pyridine rings is 1. The van der Waals surface area contributed by atoms with Gasteiger partial charge in [0.15, 0.2) is 5.65 Å². The van der Waals surface area contributed by atoms with Crippen LogP contribution in [0.15, 0.2) is 42.6 Å². The van der Waals surface area contributed by atoms with E-state index in [-0.39, 0.29) is 5.82 Å². The summed E-state index contributed by atoms with van der Waals surface area (Å²) in [7, 11) is -1.49. The first-order chi connectivity index (χ1) is 10.9. The molecule has 0 atom stereocenters. The van der Waals surface area contributed by atoms with Gasteiger partial charge in [-0.25, -0.2) is 14.1 Å². The predicted molar refractivity (Wildman–Crippen MR) is 93.3 cm³/mol. The first-order valence-corrected chi connectivity index (χ1v) is 11.0. The number of aromatic nitrogens is 3. The molecular weight excluding hydrogens is 305 g/mol. The summed E-state index contributed by atoms with van der Waals surface area (Å²) >= 11 is 0. The van der Waals surface area contributed by atoms with Gasteiger partial charge in [-0.15, -0.1) is 5.54 Å². The van der Waals surface area contributed by atoms with E-state index in [4.69, 9.17) is 0 Å². The Balaban J connectivity index is 2.08. The van der Waals surface area contributed by atoms with Gasteiger partial charge in [-0.2, -0.15) is 5.10 Å². The van der Waals surface area contributed by atoms with Crippen molar-refractivity contribution in [2.24, 2.45) is 0 Å². The van der Waals surface area contributed by atoms with Crippen LogP contribution in [0.25, 0.3) is 11.0 Å². The fraction of sp³-hybridized carbons (Fsp3) is 0.222. The number of hydrogen-bond donors (Lipinski definition) is 0. The summed E-state index contributed by atoms with van der Waals surface area (Å²) in [6.07, 6.45) is 1.72. The molecule has 3 rings (SSSR count). The van der Waals surface area contributed by atoms with Crippen LogP contribution in [0, 0.1) is 17.3 Å². The maximum atomic E-state index is 13.9. The summed E-state index contributed by atoms with van der Waals surface area (Å²) in [5.74, 6) is 2.96. The van der Waals surface area contributed by atoms with Crippen LogP contribution >= 0.6 is 0 Å². The number of hydrogen-bond acceptors (Lipinski definition) is 2. The second-order valence-corrected chi connectivity index (χ2v) is 11.2. The molecule has 5 heteroatoms. The van der Waals surface area contributed by atoms with Gasteiger partial charge >= 0.3 is 0 Å². The lowest BCUT2D eigenvalue weighted by molar-refractivity contribution is 0.589. The summed E-state index contributed by atoms with van der Waals surface area (Å²) in [5.41, 5.74) is 5.37. The van der Waals surface area contributed by atoms with Crippen molar-refractivity contribution in [1.29, 1.82) is 0 Å². The Morgan fingerprint density at radius 2 is 1.91 bits per heavy atom. The smallest absolute Gasteiger partial charge is 0.159 e. The van der Waals surface area contributed by atoms with Crippen LogP contribution in [-0.2, 0) is 6.54 Å². The van der Waals surface area contributed by atoms with Crippen LogP contribution in [0.4, 0.5) is 4.39 Å². The minimum Gasteiger partial charge on any atom is -0.241 e. The molecule has 0 saturated carbocycles. The zero-order valence-corrected chi connectivity index (χ0v) is 14.5. The minimum atomic E-state index is -1.49. The summed E-state index contributed by atoms with van der Waals surface area (Å²) in [4.78, 5) is 4.39. The lowest BCUT2D eigenvalue weighted by atomic mass is 10.2. The highest BCUT2D eigenvalue weighted by molar-refractivity contribution is 6.83. The number of halogens is 1. The fourth-order valence-electron chi connectivity index (χ4n) is 2.25. The number of fused-ring (bicyclic) bond motifs is 1. The highest BCUT2D eigenvalue weighted by atomic mass is 28.3. The number of benzene rings is 1. The molecule has 0 saturated heterocycles. The normalized spacial score (nSPS) is 11.3. The van der Waals surface area contributed by atoms with Crippen LogP contribution in [0.2, 0.25) is 19.6 Å². The van der Waals surface area contributed by atoms with Gasteiger partial charge < -0.3 is 0 Å². The van der Waals surface area contributed by atoms with E-state index in [9.17, 15) is 4.39 Å². The molecule has 0 unspecified atom stereocenters. The highest BCUT2D eigenvalue weighted by Crippen LogP contribution is 2.18. The Bertz CT molecular complexity index is 913. The molecule has 3 nitrogen and oxygen atoms in total. The molecule has 0 bridgehead atoms. The van der Waals surface area contributed by atoms with Gasteiger partial charge in [0.05, 0.1) is 11.9 Å². The molecule has 0 aliphatic heterocycles. The molecule has 0 spiro atoms. The quantitative estimate of drug-likeness (QED) is 0.530. The van der Waals surface area contributed by atoms with E-state index in [2.05, 4.69) is 41.2 Å². The lowest BCUT2D eigenvalue weighted by Gasteiger charge is -2.04. The van der Waals surface area contributed by atoms with E-state index in [1.807, 2.05) is 18.2 Å². The van der Waals surface area contributed by atoms with Crippen molar-refractivity contribution in [2.75, 3.05) is 0 Å². The van der Waals surface area contributed by atoms with E-state index in [1.165, 1.54) is 6.07 Å². The molecule has 0 amide bonds.